The van der Waals surface area contributed by atoms with Crippen LogP contribution in [0.4, 0.5) is 24.5 Å². The Morgan fingerprint density at radius 2 is 1.83 bits per heavy atom. The number of hydrogen-bond donors (Lipinski definition) is 0. The maximum Gasteiger partial charge on any atom is 0.401 e. The Labute approximate surface area is 167 Å². The Kier molecular flexibility index (Phi) is 6.06. The van der Waals surface area contributed by atoms with Crippen molar-refractivity contribution in [2.75, 3.05) is 44.2 Å². The second kappa shape index (κ2) is 8.07. The number of nitro benzene ring substituents is 1. The molecule has 2 aliphatic heterocycles. The number of benzene rings is 1. The summed E-state index contributed by atoms with van der Waals surface area (Å²) in [5.41, 5.74) is -0.0451. The SMILES string of the molecule is CC1CN(c2ccc([N+](=O)[O-])cc2S(=O)(=O)N2CCCC2)CCN1CC(F)(F)F. The first-order valence-electron chi connectivity index (χ1n) is 9.33. The van der Waals surface area contributed by atoms with Gasteiger partial charge in [-0.15, -0.1) is 0 Å². The summed E-state index contributed by atoms with van der Waals surface area (Å²) in [6.07, 6.45) is -2.87. The van der Waals surface area contributed by atoms with E-state index in [0.29, 0.717) is 18.8 Å². The van der Waals surface area contributed by atoms with Crippen LogP contribution in [0.5, 0.6) is 0 Å². The zero-order valence-electron chi connectivity index (χ0n) is 15.9. The van der Waals surface area contributed by atoms with Gasteiger partial charge < -0.3 is 4.90 Å². The maximum absolute atomic E-state index is 13.1. The second-order valence-corrected chi connectivity index (χ2v) is 9.31. The van der Waals surface area contributed by atoms with E-state index in [1.165, 1.54) is 21.3 Å². The molecule has 1 unspecified atom stereocenters. The molecule has 29 heavy (non-hydrogen) atoms. The number of halogens is 3. The van der Waals surface area contributed by atoms with Crippen molar-refractivity contribution in [1.29, 1.82) is 0 Å². The number of anilines is 1. The number of piperazine rings is 1. The van der Waals surface area contributed by atoms with E-state index >= 15 is 0 Å². The van der Waals surface area contributed by atoms with Gasteiger partial charge in [0.25, 0.3) is 5.69 Å². The third-order valence-corrected chi connectivity index (χ3v) is 7.25. The van der Waals surface area contributed by atoms with Crippen molar-refractivity contribution < 1.29 is 26.5 Å². The maximum atomic E-state index is 13.1. The number of alkyl halides is 3. The highest BCUT2D eigenvalue weighted by atomic mass is 32.2. The highest BCUT2D eigenvalue weighted by Gasteiger charge is 2.37. The minimum Gasteiger partial charge on any atom is -0.368 e. The van der Waals surface area contributed by atoms with E-state index in [2.05, 4.69) is 0 Å². The molecule has 0 aromatic heterocycles. The molecule has 2 fully saturated rings. The fraction of sp³-hybridized carbons (Fsp3) is 0.647. The third-order valence-electron chi connectivity index (χ3n) is 5.33. The lowest BCUT2D eigenvalue weighted by molar-refractivity contribution is -0.385. The highest BCUT2D eigenvalue weighted by Crippen LogP contribution is 2.34. The van der Waals surface area contributed by atoms with Gasteiger partial charge in [0.2, 0.25) is 10.0 Å². The van der Waals surface area contributed by atoms with E-state index in [0.717, 1.165) is 18.9 Å². The summed E-state index contributed by atoms with van der Waals surface area (Å²) in [4.78, 5) is 13.4. The number of hydrogen-bond acceptors (Lipinski definition) is 6. The molecule has 0 N–H and O–H groups in total. The van der Waals surface area contributed by atoms with Crippen LogP contribution >= 0.6 is 0 Å². The van der Waals surface area contributed by atoms with Crippen LogP contribution in [0.15, 0.2) is 23.1 Å². The molecular formula is C17H23F3N4O4S. The summed E-state index contributed by atoms with van der Waals surface area (Å²) in [5, 5.41) is 11.2. The van der Waals surface area contributed by atoms with E-state index in [4.69, 9.17) is 0 Å². The van der Waals surface area contributed by atoms with Crippen molar-refractivity contribution in [2.45, 2.75) is 36.9 Å². The summed E-state index contributed by atoms with van der Waals surface area (Å²) in [5.74, 6) is 0. The lowest BCUT2D eigenvalue weighted by atomic mass is 10.1. The highest BCUT2D eigenvalue weighted by molar-refractivity contribution is 7.89. The molecule has 8 nitrogen and oxygen atoms in total. The Hall–Kier alpha value is -1.92. The lowest BCUT2D eigenvalue weighted by Crippen LogP contribution is -2.54. The minimum atomic E-state index is -4.31. The molecule has 0 amide bonds. The molecule has 162 valence electrons. The van der Waals surface area contributed by atoms with E-state index in [1.807, 2.05) is 0 Å². The fourth-order valence-corrected chi connectivity index (χ4v) is 5.58. The molecule has 0 saturated carbocycles. The standard InChI is InChI=1S/C17H23F3N4O4S/c1-13-11-21(8-9-22(13)12-17(18,19)20)15-5-4-14(24(25)26)10-16(15)29(27,28)23-6-2-3-7-23/h4-5,10,13H,2-3,6-9,11-12H2,1H3. The summed E-state index contributed by atoms with van der Waals surface area (Å²) in [6, 6.07) is 3.21. The lowest BCUT2D eigenvalue weighted by Gasteiger charge is -2.41. The quantitative estimate of drug-likeness (QED) is 0.521. The van der Waals surface area contributed by atoms with Crippen molar-refractivity contribution in [3.63, 3.8) is 0 Å². The summed E-state index contributed by atoms with van der Waals surface area (Å²) in [7, 11) is -3.94. The van der Waals surface area contributed by atoms with Crippen molar-refractivity contribution in [1.82, 2.24) is 9.21 Å². The zero-order valence-corrected chi connectivity index (χ0v) is 16.7. The average molecular weight is 436 g/mol. The molecule has 2 saturated heterocycles. The van der Waals surface area contributed by atoms with Gasteiger partial charge in [0, 0.05) is 50.9 Å². The van der Waals surface area contributed by atoms with Crippen LogP contribution in [0.25, 0.3) is 0 Å². The Bertz CT molecular complexity index is 872. The predicted molar refractivity (Wildman–Crippen MR) is 100 cm³/mol. The molecule has 3 rings (SSSR count). The van der Waals surface area contributed by atoms with Crippen LogP contribution in [0.2, 0.25) is 0 Å². The van der Waals surface area contributed by atoms with Crippen LogP contribution in [0, 0.1) is 10.1 Å². The van der Waals surface area contributed by atoms with Gasteiger partial charge >= 0.3 is 6.18 Å². The van der Waals surface area contributed by atoms with E-state index in [9.17, 15) is 31.7 Å². The first-order valence-corrected chi connectivity index (χ1v) is 10.8. The Morgan fingerprint density at radius 3 is 2.38 bits per heavy atom. The van der Waals surface area contributed by atoms with E-state index < -0.39 is 33.7 Å². The Balaban J connectivity index is 1.92. The average Bonchev–Trinajstić information content (AvgIpc) is 3.17. The molecule has 2 heterocycles. The first-order chi connectivity index (χ1) is 13.5. The monoisotopic (exact) mass is 436 g/mol. The molecule has 0 aliphatic carbocycles. The van der Waals surface area contributed by atoms with Gasteiger partial charge in [-0.25, -0.2) is 8.42 Å². The molecule has 1 aromatic rings. The van der Waals surface area contributed by atoms with Crippen LogP contribution in [-0.2, 0) is 10.0 Å². The van der Waals surface area contributed by atoms with Crippen LogP contribution in [0.3, 0.4) is 0 Å². The zero-order chi connectivity index (χ0) is 21.4. The van der Waals surface area contributed by atoms with Gasteiger partial charge in [-0.2, -0.15) is 17.5 Å². The number of non-ortho nitro benzene ring substituents is 1. The third kappa shape index (κ3) is 4.81. The molecule has 0 bridgehead atoms. The van der Waals surface area contributed by atoms with Gasteiger partial charge in [0.15, 0.2) is 0 Å². The number of nitro groups is 1. The number of rotatable bonds is 5. The molecular weight excluding hydrogens is 413 g/mol. The molecule has 1 atom stereocenters. The summed E-state index contributed by atoms with van der Waals surface area (Å²) < 4.78 is 65.8. The van der Waals surface area contributed by atoms with Gasteiger partial charge in [-0.1, -0.05) is 0 Å². The van der Waals surface area contributed by atoms with E-state index in [-0.39, 0.29) is 30.2 Å². The van der Waals surface area contributed by atoms with Gasteiger partial charge in [0.05, 0.1) is 17.2 Å². The summed E-state index contributed by atoms with van der Waals surface area (Å²) in [6.45, 7) is 1.82. The molecule has 1 aromatic carbocycles. The first kappa shape index (κ1) is 21.8. The van der Waals surface area contributed by atoms with Gasteiger partial charge in [-0.05, 0) is 25.8 Å². The van der Waals surface area contributed by atoms with Crippen LogP contribution in [-0.4, -0.2) is 74.0 Å². The molecule has 0 radical (unpaired) electrons. The fourth-order valence-electron chi connectivity index (χ4n) is 3.83. The van der Waals surface area contributed by atoms with Gasteiger partial charge in [-0.3, -0.25) is 15.0 Å². The molecule has 12 heteroatoms. The number of sulfonamides is 1. The van der Waals surface area contributed by atoms with E-state index in [1.54, 1.807) is 11.8 Å². The summed E-state index contributed by atoms with van der Waals surface area (Å²) >= 11 is 0. The van der Waals surface area contributed by atoms with Crippen molar-refractivity contribution in [3.05, 3.63) is 28.3 Å². The van der Waals surface area contributed by atoms with Crippen LogP contribution in [0.1, 0.15) is 19.8 Å². The normalized spacial score (nSPS) is 22.2. The van der Waals surface area contributed by atoms with Crippen molar-refractivity contribution in [3.8, 4) is 0 Å². The predicted octanol–water partition coefficient (Wildman–Crippen LogP) is 2.45. The smallest absolute Gasteiger partial charge is 0.368 e. The Morgan fingerprint density at radius 1 is 1.17 bits per heavy atom. The minimum absolute atomic E-state index is 0.112. The van der Waals surface area contributed by atoms with Crippen molar-refractivity contribution in [2.24, 2.45) is 0 Å². The topological polar surface area (TPSA) is 87.0 Å². The van der Waals surface area contributed by atoms with Crippen molar-refractivity contribution >= 4 is 21.4 Å². The second-order valence-electron chi connectivity index (χ2n) is 7.40. The van der Waals surface area contributed by atoms with Gasteiger partial charge in [0.1, 0.15) is 4.90 Å². The molecule has 2 aliphatic rings. The largest absolute Gasteiger partial charge is 0.401 e. The van der Waals surface area contributed by atoms with Crippen LogP contribution < -0.4 is 4.90 Å². The molecule has 0 spiro atoms. The number of nitrogens with zero attached hydrogens (tertiary/aromatic N) is 4.